The van der Waals surface area contributed by atoms with E-state index in [4.69, 9.17) is 15.8 Å². The SMILES string of the molecule is COc1ccc(N(N)O)cc1. The predicted molar refractivity (Wildman–Crippen MR) is 41.4 cm³/mol. The molecule has 4 heteroatoms. The molecule has 0 radical (unpaired) electrons. The van der Waals surface area contributed by atoms with Gasteiger partial charge in [-0.1, -0.05) is 0 Å². The van der Waals surface area contributed by atoms with Crippen LogP contribution in [-0.2, 0) is 0 Å². The second-order valence-electron chi connectivity index (χ2n) is 2.04. The van der Waals surface area contributed by atoms with Gasteiger partial charge in [0, 0.05) is 0 Å². The van der Waals surface area contributed by atoms with Crippen LogP contribution in [0.4, 0.5) is 5.69 Å². The topological polar surface area (TPSA) is 58.7 Å². The van der Waals surface area contributed by atoms with Crippen molar-refractivity contribution in [3.05, 3.63) is 24.3 Å². The minimum Gasteiger partial charge on any atom is -0.497 e. The van der Waals surface area contributed by atoms with Crippen molar-refractivity contribution >= 4 is 5.69 Å². The molecule has 0 unspecified atom stereocenters. The molecule has 0 atom stereocenters. The first-order valence-corrected chi connectivity index (χ1v) is 3.12. The standard InChI is InChI=1S/C7H10N2O2/c1-11-7-4-2-6(3-5-7)9(8)10/h2-5,10H,8H2,1H3. The van der Waals surface area contributed by atoms with Gasteiger partial charge in [0.2, 0.25) is 0 Å². The maximum atomic E-state index is 8.76. The highest BCUT2D eigenvalue weighted by Gasteiger charge is 1.95. The predicted octanol–water partition coefficient (Wildman–Crippen LogP) is 0.765. The molecule has 0 aliphatic carbocycles. The van der Waals surface area contributed by atoms with Crippen LogP contribution in [0.2, 0.25) is 0 Å². The zero-order valence-corrected chi connectivity index (χ0v) is 6.19. The van der Waals surface area contributed by atoms with Crippen molar-refractivity contribution in [1.82, 2.24) is 0 Å². The highest BCUT2D eigenvalue weighted by atomic mass is 16.5. The van der Waals surface area contributed by atoms with Crippen LogP contribution in [-0.4, -0.2) is 12.3 Å². The van der Waals surface area contributed by atoms with Crippen LogP contribution in [0.3, 0.4) is 0 Å². The number of hydrazine groups is 1. The molecule has 0 saturated carbocycles. The van der Waals surface area contributed by atoms with E-state index in [0.29, 0.717) is 10.9 Å². The smallest absolute Gasteiger partial charge is 0.119 e. The van der Waals surface area contributed by atoms with Crippen molar-refractivity contribution in [3.63, 3.8) is 0 Å². The number of nitrogens with zero attached hydrogens (tertiary/aromatic N) is 1. The number of hydrogen-bond donors (Lipinski definition) is 2. The summed E-state index contributed by atoms with van der Waals surface area (Å²) >= 11 is 0. The molecule has 0 amide bonds. The maximum Gasteiger partial charge on any atom is 0.119 e. The number of benzene rings is 1. The van der Waals surface area contributed by atoms with Crippen molar-refractivity contribution in [2.75, 3.05) is 12.3 Å². The molecule has 0 aliphatic rings. The lowest BCUT2D eigenvalue weighted by atomic mass is 10.3. The summed E-state index contributed by atoms with van der Waals surface area (Å²) in [6, 6.07) is 6.73. The average molecular weight is 154 g/mol. The molecule has 0 heterocycles. The minimum absolute atomic E-state index is 0.519. The molecule has 60 valence electrons. The summed E-state index contributed by atoms with van der Waals surface area (Å²) in [7, 11) is 1.58. The number of nitrogens with two attached hydrogens (primary N) is 1. The van der Waals surface area contributed by atoms with Crippen LogP contribution in [0, 0.1) is 0 Å². The van der Waals surface area contributed by atoms with Crippen LogP contribution < -0.4 is 15.8 Å². The Morgan fingerprint density at radius 2 is 1.91 bits per heavy atom. The Labute approximate surface area is 64.7 Å². The third-order valence-electron chi connectivity index (χ3n) is 1.34. The van der Waals surface area contributed by atoms with Gasteiger partial charge in [-0.2, -0.15) is 5.17 Å². The number of ether oxygens (including phenoxy) is 1. The summed E-state index contributed by atoms with van der Waals surface area (Å²) in [5, 5.41) is 9.31. The third-order valence-corrected chi connectivity index (χ3v) is 1.34. The van der Waals surface area contributed by atoms with Crippen molar-refractivity contribution in [2.45, 2.75) is 0 Å². The summed E-state index contributed by atoms with van der Waals surface area (Å²) in [6.07, 6.45) is 0. The molecule has 11 heavy (non-hydrogen) atoms. The van der Waals surface area contributed by atoms with Gasteiger partial charge in [0.15, 0.2) is 0 Å². The van der Waals surface area contributed by atoms with Gasteiger partial charge < -0.3 is 4.74 Å². The van der Waals surface area contributed by atoms with Crippen LogP contribution in [0.15, 0.2) is 24.3 Å². The van der Waals surface area contributed by atoms with Crippen LogP contribution >= 0.6 is 0 Å². The number of hydrogen-bond acceptors (Lipinski definition) is 4. The third kappa shape index (κ3) is 1.83. The van der Waals surface area contributed by atoms with E-state index < -0.39 is 0 Å². The van der Waals surface area contributed by atoms with E-state index in [0.717, 1.165) is 5.75 Å². The van der Waals surface area contributed by atoms with Gasteiger partial charge in [-0.25, -0.2) is 5.84 Å². The van der Waals surface area contributed by atoms with Gasteiger partial charge in [0.25, 0.3) is 0 Å². The Hall–Kier alpha value is -1.26. The Morgan fingerprint density at radius 3 is 2.27 bits per heavy atom. The summed E-state index contributed by atoms with van der Waals surface area (Å²) in [6.45, 7) is 0. The minimum atomic E-state index is 0.519. The van der Waals surface area contributed by atoms with Gasteiger partial charge in [0.05, 0.1) is 12.8 Å². The van der Waals surface area contributed by atoms with E-state index in [2.05, 4.69) is 0 Å². The van der Waals surface area contributed by atoms with Crippen molar-refractivity contribution in [3.8, 4) is 5.75 Å². The lowest BCUT2D eigenvalue weighted by Crippen LogP contribution is -2.25. The molecule has 1 aromatic rings. The fourth-order valence-corrected chi connectivity index (χ4v) is 0.735. The molecular formula is C7H10N2O2. The highest BCUT2D eigenvalue weighted by molar-refractivity contribution is 5.45. The van der Waals surface area contributed by atoms with E-state index in [1.54, 1.807) is 31.4 Å². The average Bonchev–Trinajstić information content (AvgIpc) is 2.05. The van der Waals surface area contributed by atoms with E-state index in [1.165, 1.54) is 0 Å². The lowest BCUT2D eigenvalue weighted by molar-refractivity contribution is 0.257. The van der Waals surface area contributed by atoms with E-state index in [9.17, 15) is 0 Å². The van der Waals surface area contributed by atoms with Gasteiger partial charge in [0.1, 0.15) is 5.75 Å². The first-order valence-electron chi connectivity index (χ1n) is 3.12. The molecule has 0 bridgehead atoms. The number of rotatable bonds is 2. The molecule has 1 aromatic carbocycles. The zero-order chi connectivity index (χ0) is 8.27. The van der Waals surface area contributed by atoms with Gasteiger partial charge in [-0.15, -0.1) is 0 Å². The first kappa shape index (κ1) is 7.84. The second kappa shape index (κ2) is 3.23. The Morgan fingerprint density at radius 1 is 1.36 bits per heavy atom. The van der Waals surface area contributed by atoms with Crippen molar-refractivity contribution in [1.29, 1.82) is 0 Å². The van der Waals surface area contributed by atoms with Crippen LogP contribution in [0.1, 0.15) is 0 Å². The molecule has 0 fully saturated rings. The summed E-state index contributed by atoms with van der Waals surface area (Å²) in [4.78, 5) is 0. The Bertz CT molecular complexity index is 220. The fraction of sp³-hybridized carbons (Fsp3) is 0.143. The normalized spacial score (nSPS) is 9.36. The monoisotopic (exact) mass is 154 g/mol. The zero-order valence-electron chi connectivity index (χ0n) is 6.19. The molecule has 1 rings (SSSR count). The lowest BCUT2D eigenvalue weighted by Gasteiger charge is -2.09. The summed E-state index contributed by atoms with van der Waals surface area (Å²) in [5.74, 6) is 5.79. The second-order valence-corrected chi connectivity index (χ2v) is 2.04. The van der Waals surface area contributed by atoms with Gasteiger partial charge >= 0.3 is 0 Å². The molecule has 0 aromatic heterocycles. The Kier molecular flexibility index (Phi) is 2.30. The van der Waals surface area contributed by atoms with Crippen LogP contribution in [0.5, 0.6) is 5.75 Å². The fourth-order valence-electron chi connectivity index (χ4n) is 0.735. The molecule has 0 saturated heterocycles. The van der Waals surface area contributed by atoms with Crippen molar-refractivity contribution in [2.24, 2.45) is 5.84 Å². The summed E-state index contributed by atoms with van der Waals surface area (Å²) in [5.41, 5.74) is 0.519. The van der Waals surface area contributed by atoms with Gasteiger partial charge in [-0.05, 0) is 24.3 Å². The van der Waals surface area contributed by atoms with Crippen molar-refractivity contribution < 1.29 is 9.94 Å². The Balaban J connectivity index is 2.83. The molecule has 0 aliphatic heterocycles. The van der Waals surface area contributed by atoms with E-state index in [-0.39, 0.29) is 0 Å². The molecule has 4 nitrogen and oxygen atoms in total. The first-order chi connectivity index (χ1) is 5.24. The highest BCUT2D eigenvalue weighted by Crippen LogP contribution is 2.15. The number of methoxy groups -OCH3 is 1. The quantitative estimate of drug-likeness (QED) is 0.488. The van der Waals surface area contributed by atoms with E-state index >= 15 is 0 Å². The largest absolute Gasteiger partial charge is 0.497 e. The molecular weight excluding hydrogens is 144 g/mol. The number of anilines is 1. The molecule has 0 spiro atoms. The molecule has 3 N–H and O–H groups in total. The summed E-state index contributed by atoms with van der Waals surface area (Å²) < 4.78 is 4.91. The van der Waals surface area contributed by atoms with E-state index in [1.807, 2.05) is 0 Å². The maximum absolute atomic E-state index is 8.76. The van der Waals surface area contributed by atoms with Gasteiger partial charge in [-0.3, -0.25) is 5.21 Å². The van der Waals surface area contributed by atoms with Crippen LogP contribution in [0.25, 0.3) is 0 Å².